The lowest BCUT2D eigenvalue weighted by molar-refractivity contribution is -0.400. The van der Waals surface area contributed by atoms with Crippen molar-refractivity contribution in [1.82, 2.24) is 0 Å². The van der Waals surface area contributed by atoms with Gasteiger partial charge in [-0.1, -0.05) is 0 Å². The Morgan fingerprint density at radius 2 is 2.13 bits per heavy atom. The molecular formula is C9H7F2NO3. The van der Waals surface area contributed by atoms with Gasteiger partial charge >= 0.3 is 0 Å². The molecule has 0 atom stereocenters. The predicted octanol–water partition coefficient (Wildman–Crippen LogP) is 2.22. The Kier molecular flexibility index (Phi) is 3.33. The molecule has 0 N–H and O–H groups in total. The minimum Gasteiger partial charge on any atom is -0.493 e. The molecule has 80 valence electrons. The molecule has 6 heteroatoms. The highest BCUT2D eigenvalue weighted by Crippen LogP contribution is 2.25. The SMILES string of the molecule is COc1c(/C=C/[N+](=O)[O-])ccc(F)c1F. The van der Waals surface area contributed by atoms with Gasteiger partial charge in [0.15, 0.2) is 11.6 Å². The second-order valence-electron chi connectivity index (χ2n) is 2.58. The molecule has 0 spiro atoms. The first-order valence-electron chi connectivity index (χ1n) is 3.90. The van der Waals surface area contributed by atoms with Gasteiger partial charge in [-0.2, -0.15) is 4.39 Å². The van der Waals surface area contributed by atoms with E-state index in [0.29, 0.717) is 6.20 Å². The van der Waals surface area contributed by atoms with Crippen LogP contribution in [0, 0.1) is 21.7 Å². The van der Waals surface area contributed by atoms with Crippen molar-refractivity contribution in [3.63, 3.8) is 0 Å². The second kappa shape index (κ2) is 4.50. The van der Waals surface area contributed by atoms with E-state index in [1.807, 2.05) is 0 Å². The summed E-state index contributed by atoms with van der Waals surface area (Å²) in [5.41, 5.74) is 0.105. The molecule has 1 aromatic rings. The van der Waals surface area contributed by atoms with Crippen molar-refractivity contribution in [2.24, 2.45) is 0 Å². The van der Waals surface area contributed by atoms with Crippen LogP contribution in [0.5, 0.6) is 5.75 Å². The zero-order valence-electron chi connectivity index (χ0n) is 7.74. The van der Waals surface area contributed by atoms with Gasteiger partial charge in [0.2, 0.25) is 12.0 Å². The second-order valence-corrected chi connectivity index (χ2v) is 2.58. The molecule has 0 aliphatic heterocycles. The van der Waals surface area contributed by atoms with Crippen molar-refractivity contribution >= 4 is 6.08 Å². The normalized spacial score (nSPS) is 10.6. The van der Waals surface area contributed by atoms with Crippen LogP contribution in [-0.4, -0.2) is 12.0 Å². The summed E-state index contributed by atoms with van der Waals surface area (Å²) in [4.78, 5) is 9.33. The van der Waals surface area contributed by atoms with Crippen LogP contribution >= 0.6 is 0 Å². The molecule has 0 bridgehead atoms. The lowest BCUT2D eigenvalue weighted by Gasteiger charge is -2.05. The van der Waals surface area contributed by atoms with Gasteiger partial charge in [-0.15, -0.1) is 0 Å². The first kappa shape index (κ1) is 11.1. The van der Waals surface area contributed by atoms with Crippen molar-refractivity contribution in [3.8, 4) is 5.75 Å². The average molecular weight is 215 g/mol. The largest absolute Gasteiger partial charge is 0.493 e. The fourth-order valence-electron chi connectivity index (χ4n) is 1.03. The van der Waals surface area contributed by atoms with E-state index < -0.39 is 16.6 Å². The Bertz CT molecular complexity index is 418. The number of methoxy groups -OCH3 is 1. The summed E-state index contributed by atoms with van der Waals surface area (Å²) in [7, 11) is 1.15. The molecule has 0 aliphatic rings. The highest BCUT2D eigenvalue weighted by Gasteiger charge is 2.12. The number of benzene rings is 1. The van der Waals surface area contributed by atoms with E-state index >= 15 is 0 Å². The van der Waals surface area contributed by atoms with Crippen LogP contribution in [0.4, 0.5) is 8.78 Å². The number of nitro groups is 1. The lowest BCUT2D eigenvalue weighted by Crippen LogP contribution is -1.95. The van der Waals surface area contributed by atoms with Crippen molar-refractivity contribution in [1.29, 1.82) is 0 Å². The van der Waals surface area contributed by atoms with Crippen molar-refractivity contribution in [2.45, 2.75) is 0 Å². The number of ether oxygens (including phenoxy) is 1. The van der Waals surface area contributed by atoms with Crippen LogP contribution in [-0.2, 0) is 0 Å². The predicted molar refractivity (Wildman–Crippen MR) is 48.9 cm³/mol. The fourth-order valence-corrected chi connectivity index (χ4v) is 1.03. The molecule has 0 unspecified atom stereocenters. The quantitative estimate of drug-likeness (QED) is 0.573. The van der Waals surface area contributed by atoms with E-state index in [1.54, 1.807) is 0 Å². The molecule has 0 aliphatic carbocycles. The Labute approximate surface area is 83.9 Å². The van der Waals surface area contributed by atoms with E-state index in [2.05, 4.69) is 4.74 Å². The van der Waals surface area contributed by atoms with Crippen LogP contribution in [0.3, 0.4) is 0 Å². The summed E-state index contributed by atoms with van der Waals surface area (Å²) in [6, 6.07) is 2.06. The highest BCUT2D eigenvalue weighted by molar-refractivity contribution is 5.57. The third-order valence-electron chi connectivity index (χ3n) is 1.66. The van der Waals surface area contributed by atoms with E-state index in [9.17, 15) is 18.9 Å². The Balaban J connectivity index is 3.19. The summed E-state index contributed by atoms with van der Waals surface area (Å²) in [6.45, 7) is 0. The fraction of sp³-hybridized carbons (Fsp3) is 0.111. The smallest absolute Gasteiger partial charge is 0.235 e. The van der Waals surface area contributed by atoms with Crippen molar-refractivity contribution in [3.05, 3.63) is 45.6 Å². The Hall–Kier alpha value is -1.98. The van der Waals surface area contributed by atoms with Gasteiger partial charge in [-0.25, -0.2) is 4.39 Å². The van der Waals surface area contributed by atoms with Gasteiger partial charge in [0.25, 0.3) is 0 Å². The monoisotopic (exact) mass is 215 g/mol. The van der Waals surface area contributed by atoms with Crippen LogP contribution in [0.25, 0.3) is 6.08 Å². The van der Waals surface area contributed by atoms with Gasteiger partial charge in [-0.05, 0) is 12.1 Å². The molecule has 1 aromatic carbocycles. The molecule has 0 radical (unpaired) electrons. The van der Waals surface area contributed by atoms with Crippen LogP contribution in [0.15, 0.2) is 18.3 Å². The van der Waals surface area contributed by atoms with Crippen LogP contribution in [0.2, 0.25) is 0 Å². The molecule has 0 amide bonds. The summed E-state index contributed by atoms with van der Waals surface area (Å²) in [5.74, 6) is -2.58. The first-order valence-corrected chi connectivity index (χ1v) is 3.90. The number of nitrogens with zero attached hydrogens (tertiary/aromatic N) is 1. The molecule has 0 aromatic heterocycles. The van der Waals surface area contributed by atoms with Crippen molar-refractivity contribution < 1.29 is 18.4 Å². The lowest BCUT2D eigenvalue weighted by atomic mass is 10.2. The number of rotatable bonds is 3. The van der Waals surface area contributed by atoms with Gasteiger partial charge in [0, 0.05) is 11.6 Å². The van der Waals surface area contributed by atoms with Gasteiger partial charge < -0.3 is 4.74 Å². The molecular weight excluding hydrogens is 208 g/mol. The summed E-state index contributed by atoms with van der Waals surface area (Å²) in [6.07, 6.45) is 1.65. The average Bonchev–Trinajstić information content (AvgIpc) is 2.19. The Morgan fingerprint density at radius 1 is 1.47 bits per heavy atom. The maximum Gasteiger partial charge on any atom is 0.235 e. The van der Waals surface area contributed by atoms with Crippen molar-refractivity contribution in [2.75, 3.05) is 7.11 Å². The maximum absolute atomic E-state index is 13.1. The van der Waals surface area contributed by atoms with Gasteiger partial charge in [-0.3, -0.25) is 10.1 Å². The minimum atomic E-state index is -1.16. The molecule has 15 heavy (non-hydrogen) atoms. The first-order chi connectivity index (χ1) is 7.06. The zero-order chi connectivity index (χ0) is 11.4. The van der Waals surface area contributed by atoms with Gasteiger partial charge in [0.1, 0.15) is 0 Å². The molecule has 4 nitrogen and oxygen atoms in total. The van der Waals surface area contributed by atoms with Crippen LogP contribution in [0.1, 0.15) is 5.56 Å². The van der Waals surface area contributed by atoms with Gasteiger partial charge in [0.05, 0.1) is 12.0 Å². The molecule has 0 saturated heterocycles. The maximum atomic E-state index is 13.1. The number of hydrogen-bond donors (Lipinski definition) is 0. The van der Waals surface area contributed by atoms with E-state index in [4.69, 9.17) is 0 Å². The molecule has 0 fully saturated rings. The number of halogens is 2. The molecule has 0 saturated carbocycles. The minimum absolute atomic E-state index is 0.105. The molecule has 1 rings (SSSR count). The van der Waals surface area contributed by atoms with E-state index in [0.717, 1.165) is 19.3 Å². The summed E-state index contributed by atoms with van der Waals surface area (Å²) < 4.78 is 30.4. The Morgan fingerprint density at radius 3 is 2.67 bits per heavy atom. The third-order valence-corrected chi connectivity index (χ3v) is 1.66. The highest BCUT2D eigenvalue weighted by atomic mass is 19.2. The van der Waals surface area contributed by atoms with E-state index in [-0.39, 0.29) is 11.3 Å². The van der Waals surface area contributed by atoms with E-state index in [1.165, 1.54) is 6.07 Å². The zero-order valence-corrected chi connectivity index (χ0v) is 7.74. The van der Waals surface area contributed by atoms with Crippen LogP contribution < -0.4 is 4.74 Å². The summed E-state index contributed by atoms with van der Waals surface area (Å²) in [5, 5.41) is 10.0. The topological polar surface area (TPSA) is 52.4 Å². The third kappa shape index (κ3) is 2.49. The standard InChI is InChI=1S/C9H7F2NO3/c1-15-9-6(4-5-12(13)14)2-3-7(10)8(9)11/h2-5H,1H3/b5-4+. The summed E-state index contributed by atoms with van der Waals surface area (Å²) >= 11 is 0. The number of hydrogen-bond acceptors (Lipinski definition) is 3. The molecule has 0 heterocycles.